The third-order valence-electron chi connectivity index (χ3n) is 2.26. The number of esters is 4. The molecule has 0 aliphatic rings. The van der Waals surface area contributed by atoms with Gasteiger partial charge in [0.05, 0.1) is 14.2 Å². The first-order valence-electron chi connectivity index (χ1n) is 6.32. The molecule has 0 N–H and O–H groups in total. The molecule has 22 heavy (non-hydrogen) atoms. The van der Waals surface area contributed by atoms with Crippen molar-refractivity contribution < 1.29 is 38.1 Å². The molecule has 0 spiro atoms. The van der Waals surface area contributed by atoms with Gasteiger partial charge in [0.25, 0.3) is 0 Å². The van der Waals surface area contributed by atoms with Gasteiger partial charge >= 0.3 is 23.9 Å². The van der Waals surface area contributed by atoms with Gasteiger partial charge in [-0.2, -0.15) is 0 Å². The Hall–Kier alpha value is -2.64. The van der Waals surface area contributed by atoms with Crippen LogP contribution in [-0.4, -0.2) is 50.8 Å². The molecule has 0 aromatic carbocycles. The van der Waals surface area contributed by atoms with E-state index in [1.54, 1.807) is 6.92 Å². The van der Waals surface area contributed by atoms with Crippen molar-refractivity contribution in [2.45, 2.75) is 19.4 Å². The summed E-state index contributed by atoms with van der Waals surface area (Å²) in [5.41, 5.74) is 0. The minimum absolute atomic E-state index is 0.182. The first-order chi connectivity index (χ1) is 10.4. The fraction of sp³-hybridized carbons (Fsp3) is 0.429. The summed E-state index contributed by atoms with van der Waals surface area (Å²) in [7, 11) is 2.35. The van der Waals surface area contributed by atoms with Gasteiger partial charge in [-0.3, -0.25) is 0 Å². The van der Waals surface area contributed by atoms with Gasteiger partial charge in [0.15, 0.2) is 0 Å². The molecule has 0 aliphatic carbocycles. The van der Waals surface area contributed by atoms with Crippen LogP contribution in [0.25, 0.3) is 0 Å². The number of methoxy groups -OCH3 is 2. The molecule has 0 saturated carbocycles. The quantitative estimate of drug-likeness (QED) is 0.358. The molecule has 8 heteroatoms. The third-order valence-corrected chi connectivity index (χ3v) is 2.26. The minimum Gasteiger partial charge on any atom is -0.466 e. The average molecular weight is 314 g/mol. The third kappa shape index (κ3) is 9.29. The minimum atomic E-state index is -0.773. The second-order valence-corrected chi connectivity index (χ2v) is 3.81. The standard InChI is InChI=1S/C14H18O8/c1-4-10(22-14(18)8-6-12(16)20-3)9-21-13(17)7-5-11(15)19-2/h5-8,10H,4,9H2,1-3H3/b7-5+,8-6+. The van der Waals surface area contributed by atoms with E-state index in [1.165, 1.54) is 14.2 Å². The van der Waals surface area contributed by atoms with Crippen LogP contribution in [0.4, 0.5) is 0 Å². The van der Waals surface area contributed by atoms with Crippen LogP contribution in [0, 0.1) is 0 Å². The Morgan fingerprint density at radius 2 is 1.27 bits per heavy atom. The van der Waals surface area contributed by atoms with E-state index in [0.29, 0.717) is 6.42 Å². The number of rotatable bonds is 8. The highest BCUT2D eigenvalue weighted by atomic mass is 16.6. The van der Waals surface area contributed by atoms with Gasteiger partial charge in [-0.05, 0) is 6.42 Å². The van der Waals surface area contributed by atoms with Gasteiger partial charge in [-0.25, -0.2) is 19.2 Å². The molecular weight excluding hydrogens is 296 g/mol. The number of hydrogen-bond donors (Lipinski definition) is 0. The summed E-state index contributed by atoms with van der Waals surface area (Å²) in [4.78, 5) is 44.3. The van der Waals surface area contributed by atoms with Gasteiger partial charge in [0, 0.05) is 24.3 Å². The Morgan fingerprint density at radius 1 is 0.818 bits per heavy atom. The van der Waals surface area contributed by atoms with E-state index >= 15 is 0 Å². The van der Waals surface area contributed by atoms with E-state index in [4.69, 9.17) is 9.47 Å². The van der Waals surface area contributed by atoms with E-state index in [0.717, 1.165) is 24.3 Å². The summed E-state index contributed by atoms with van der Waals surface area (Å²) >= 11 is 0. The van der Waals surface area contributed by atoms with Crippen LogP contribution in [0.15, 0.2) is 24.3 Å². The Labute approximate surface area is 127 Å². The average Bonchev–Trinajstić information content (AvgIpc) is 2.53. The van der Waals surface area contributed by atoms with Crippen molar-refractivity contribution in [3.8, 4) is 0 Å². The summed E-state index contributed by atoms with van der Waals surface area (Å²) in [5.74, 6) is -2.92. The highest BCUT2D eigenvalue weighted by Gasteiger charge is 2.13. The highest BCUT2D eigenvalue weighted by Crippen LogP contribution is 2.01. The van der Waals surface area contributed by atoms with E-state index < -0.39 is 30.0 Å². The number of carbonyl (C=O) groups is 4. The Balaban J connectivity index is 4.27. The van der Waals surface area contributed by atoms with Gasteiger partial charge < -0.3 is 18.9 Å². The molecule has 0 saturated heterocycles. The lowest BCUT2D eigenvalue weighted by Crippen LogP contribution is -2.23. The van der Waals surface area contributed by atoms with Crippen LogP contribution in [0.3, 0.4) is 0 Å². The summed E-state index contributed by atoms with van der Waals surface area (Å²) in [6.07, 6.45) is 3.36. The van der Waals surface area contributed by atoms with Crippen molar-refractivity contribution in [1.82, 2.24) is 0 Å². The predicted octanol–water partition coefficient (Wildman–Crippen LogP) is 0.310. The molecule has 1 atom stereocenters. The topological polar surface area (TPSA) is 105 Å². The molecule has 0 aromatic rings. The van der Waals surface area contributed by atoms with Crippen LogP contribution >= 0.6 is 0 Å². The summed E-state index contributed by atoms with van der Waals surface area (Å²) < 4.78 is 18.4. The molecule has 0 fully saturated rings. The van der Waals surface area contributed by atoms with Crippen molar-refractivity contribution >= 4 is 23.9 Å². The molecule has 0 heterocycles. The molecule has 0 rings (SSSR count). The van der Waals surface area contributed by atoms with E-state index in [9.17, 15) is 19.2 Å². The van der Waals surface area contributed by atoms with Crippen molar-refractivity contribution in [2.75, 3.05) is 20.8 Å². The van der Waals surface area contributed by atoms with Crippen molar-refractivity contribution in [3.63, 3.8) is 0 Å². The van der Waals surface area contributed by atoms with Crippen LogP contribution in [-0.2, 0) is 38.1 Å². The van der Waals surface area contributed by atoms with Gasteiger partial charge in [0.2, 0.25) is 0 Å². The number of carbonyl (C=O) groups excluding carboxylic acids is 4. The maximum absolute atomic E-state index is 11.4. The lowest BCUT2D eigenvalue weighted by molar-refractivity contribution is -0.153. The zero-order valence-electron chi connectivity index (χ0n) is 12.6. The Bertz CT molecular complexity index is 463. The molecule has 0 amide bonds. The van der Waals surface area contributed by atoms with Crippen LogP contribution in [0.2, 0.25) is 0 Å². The maximum Gasteiger partial charge on any atom is 0.331 e. The van der Waals surface area contributed by atoms with E-state index in [-0.39, 0.29) is 6.61 Å². The molecular formula is C14H18O8. The molecule has 122 valence electrons. The smallest absolute Gasteiger partial charge is 0.331 e. The van der Waals surface area contributed by atoms with Crippen molar-refractivity contribution in [2.24, 2.45) is 0 Å². The largest absolute Gasteiger partial charge is 0.466 e. The first-order valence-corrected chi connectivity index (χ1v) is 6.32. The van der Waals surface area contributed by atoms with Crippen LogP contribution < -0.4 is 0 Å². The molecule has 8 nitrogen and oxygen atoms in total. The fourth-order valence-electron chi connectivity index (χ4n) is 1.07. The predicted molar refractivity (Wildman–Crippen MR) is 73.4 cm³/mol. The molecule has 0 aliphatic heterocycles. The lowest BCUT2D eigenvalue weighted by Gasteiger charge is -2.14. The van der Waals surface area contributed by atoms with Crippen LogP contribution in [0.5, 0.6) is 0 Å². The van der Waals surface area contributed by atoms with Gasteiger partial charge in [-0.1, -0.05) is 6.92 Å². The maximum atomic E-state index is 11.4. The second kappa shape index (κ2) is 11.1. The number of hydrogen-bond acceptors (Lipinski definition) is 8. The molecule has 0 aromatic heterocycles. The van der Waals surface area contributed by atoms with Gasteiger partial charge in [-0.15, -0.1) is 0 Å². The summed E-state index contributed by atoms with van der Waals surface area (Å²) in [5, 5.41) is 0. The molecule has 0 bridgehead atoms. The van der Waals surface area contributed by atoms with Gasteiger partial charge in [0.1, 0.15) is 12.7 Å². The van der Waals surface area contributed by atoms with Crippen molar-refractivity contribution in [3.05, 3.63) is 24.3 Å². The zero-order valence-corrected chi connectivity index (χ0v) is 12.6. The SMILES string of the molecule is CCC(COC(=O)/C=C/C(=O)OC)OC(=O)/C=C/C(=O)OC. The Morgan fingerprint density at radius 3 is 1.73 bits per heavy atom. The van der Waals surface area contributed by atoms with Crippen LogP contribution in [0.1, 0.15) is 13.3 Å². The Kier molecular flexibility index (Phi) is 9.74. The second-order valence-electron chi connectivity index (χ2n) is 3.81. The van der Waals surface area contributed by atoms with E-state index in [1.807, 2.05) is 0 Å². The monoisotopic (exact) mass is 314 g/mol. The lowest BCUT2D eigenvalue weighted by atomic mass is 10.3. The molecule has 0 radical (unpaired) electrons. The zero-order chi connectivity index (χ0) is 17.0. The number of ether oxygens (including phenoxy) is 4. The van der Waals surface area contributed by atoms with E-state index in [2.05, 4.69) is 9.47 Å². The highest BCUT2D eigenvalue weighted by molar-refractivity contribution is 5.92. The van der Waals surface area contributed by atoms with Crippen molar-refractivity contribution in [1.29, 1.82) is 0 Å². The first kappa shape index (κ1) is 19.4. The summed E-state index contributed by atoms with van der Waals surface area (Å²) in [6, 6.07) is 0. The molecule has 1 unspecified atom stereocenters. The fourth-order valence-corrected chi connectivity index (χ4v) is 1.07. The normalized spacial score (nSPS) is 12.0. The summed E-state index contributed by atoms with van der Waals surface area (Å²) in [6.45, 7) is 1.54.